The van der Waals surface area contributed by atoms with Gasteiger partial charge in [-0.15, -0.1) is 0 Å². The first-order valence-electron chi connectivity index (χ1n) is 6.97. The molecule has 0 N–H and O–H groups in total. The van der Waals surface area contributed by atoms with Crippen molar-refractivity contribution >= 4 is 18.2 Å². The maximum absolute atomic E-state index is 12.4. The van der Waals surface area contributed by atoms with Crippen molar-refractivity contribution < 1.29 is 23.9 Å². The Labute approximate surface area is 119 Å². The SMILES string of the molecule is CCOC(=O)[C@]1(COC(C)=O)CCC=C[C@@H]1CCC=O. The van der Waals surface area contributed by atoms with Crippen LogP contribution in [0.1, 0.15) is 39.5 Å². The van der Waals surface area contributed by atoms with Crippen molar-refractivity contribution in [2.75, 3.05) is 13.2 Å². The minimum atomic E-state index is -0.862. The van der Waals surface area contributed by atoms with Crippen LogP contribution >= 0.6 is 0 Å². The number of rotatable bonds is 7. The second-order valence-corrected chi connectivity index (χ2v) is 4.97. The molecule has 0 amide bonds. The van der Waals surface area contributed by atoms with Crippen molar-refractivity contribution in [2.45, 2.75) is 39.5 Å². The molecule has 5 heteroatoms. The molecule has 0 fully saturated rings. The van der Waals surface area contributed by atoms with Crippen molar-refractivity contribution in [1.29, 1.82) is 0 Å². The van der Waals surface area contributed by atoms with Gasteiger partial charge in [0.2, 0.25) is 0 Å². The summed E-state index contributed by atoms with van der Waals surface area (Å²) in [5, 5.41) is 0. The number of aldehydes is 1. The zero-order valence-electron chi connectivity index (χ0n) is 12.1. The third kappa shape index (κ3) is 3.92. The first kappa shape index (κ1) is 16.4. The maximum Gasteiger partial charge on any atom is 0.316 e. The second kappa shape index (κ2) is 7.82. The van der Waals surface area contributed by atoms with Gasteiger partial charge >= 0.3 is 11.9 Å². The predicted octanol–water partition coefficient (Wildman–Crippen LogP) is 2.04. The zero-order valence-corrected chi connectivity index (χ0v) is 12.1. The lowest BCUT2D eigenvalue weighted by Gasteiger charge is -2.38. The Hall–Kier alpha value is -1.65. The smallest absolute Gasteiger partial charge is 0.316 e. The van der Waals surface area contributed by atoms with Crippen molar-refractivity contribution in [2.24, 2.45) is 11.3 Å². The lowest BCUT2D eigenvalue weighted by atomic mass is 9.68. The van der Waals surface area contributed by atoms with E-state index in [0.29, 0.717) is 19.3 Å². The van der Waals surface area contributed by atoms with Gasteiger partial charge in [0.15, 0.2) is 0 Å². The van der Waals surface area contributed by atoms with E-state index in [4.69, 9.17) is 9.47 Å². The Kier molecular flexibility index (Phi) is 6.42. The third-order valence-electron chi connectivity index (χ3n) is 3.65. The van der Waals surface area contributed by atoms with Crippen LogP contribution in [0, 0.1) is 11.3 Å². The highest BCUT2D eigenvalue weighted by molar-refractivity contribution is 5.79. The van der Waals surface area contributed by atoms with Gasteiger partial charge in [-0.25, -0.2) is 0 Å². The van der Waals surface area contributed by atoms with E-state index >= 15 is 0 Å². The first-order valence-corrected chi connectivity index (χ1v) is 6.97. The highest BCUT2D eigenvalue weighted by atomic mass is 16.5. The zero-order chi connectivity index (χ0) is 15.0. The fourth-order valence-corrected chi connectivity index (χ4v) is 2.59. The molecule has 1 aliphatic rings. The average molecular weight is 282 g/mol. The van der Waals surface area contributed by atoms with E-state index in [1.165, 1.54) is 6.92 Å². The quantitative estimate of drug-likeness (QED) is 0.406. The van der Waals surface area contributed by atoms with E-state index in [-0.39, 0.29) is 25.1 Å². The molecule has 20 heavy (non-hydrogen) atoms. The number of allylic oxidation sites excluding steroid dienone is 2. The summed E-state index contributed by atoms with van der Waals surface area (Å²) < 4.78 is 10.3. The van der Waals surface area contributed by atoms with Gasteiger partial charge in [0.1, 0.15) is 18.3 Å². The average Bonchev–Trinajstić information content (AvgIpc) is 2.43. The lowest BCUT2D eigenvalue weighted by molar-refractivity contribution is -0.167. The molecular weight excluding hydrogens is 260 g/mol. The van der Waals surface area contributed by atoms with Gasteiger partial charge in [0.25, 0.3) is 0 Å². The standard InChI is InChI=1S/C15H22O5/c1-3-19-14(18)15(11-20-12(2)17)9-5-4-7-13(15)8-6-10-16/h4,7,10,13H,3,5-6,8-9,11H2,1-2H3/t13-,15+/m1/s1. The highest BCUT2D eigenvalue weighted by Crippen LogP contribution is 2.41. The second-order valence-electron chi connectivity index (χ2n) is 4.97. The van der Waals surface area contributed by atoms with Crippen LogP contribution in [0.2, 0.25) is 0 Å². The number of hydrogen-bond donors (Lipinski definition) is 0. The molecule has 0 heterocycles. The van der Waals surface area contributed by atoms with Gasteiger partial charge < -0.3 is 14.3 Å². The number of carbonyl (C=O) groups excluding carboxylic acids is 3. The Morgan fingerprint density at radius 1 is 1.40 bits per heavy atom. The molecule has 0 aromatic rings. The molecule has 0 bridgehead atoms. The van der Waals surface area contributed by atoms with Crippen molar-refractivity contribution in [3.8, 4) is 0 Å². The van der Waals surface area contributed by atoms with E-state index in [1.54, 1.807) is 6.92 Å². The van der Waals surface area contributed by atoms with Crippen LogP contribution < -0.4 is 0 Å². The number of esters is 2. The van der Waals surface area contributed by atoms with Gasteiger partial charge in [-0.2, -0.15) is 0 Å². The molecule has 0 aromatic heterocycles. The normalized spacial score (nSPS) is 25.0. The number of carbonyl (C=O) groups is 3. The summed E-state index contributed by atoms with van der Waals surface area (Å²) in [7, 11) is 0. The molecule has 2 atom stereocenters. The van der Waals surface area contributed by atoms with E-state index in [0.717, 1.165) is 12.7 Å². The van der Waals surface area contributed by atoms with Crippen LogP contribution in [0.15, 0.2) is 12.2 Å². The molecule has 1 aliphatic carbocycles. The van der Waals surface area contributed by atoms with Crippen LogP contribution in [0.25, 0.3) is 0 Å². The first-order chi connectivity index (χ1) is 9.56. The Balaban J connectivity index is 2.97. The summed E-state index contributed by atoms with van der Waals surface area (Å²) in [5.74, 6) is -0.904. The monoisotopic (exact) mass is 282 g/mol. The van der Waals surface area contributed by atoms with Crippen LogP contribution in [-0.2, 0) is 23.9 Å². The van der Waals surface area contributed by atoms with Gasteiger partial charge in [-0.05, 0) is 32.1 Å². The molecule has 1 rings (SSSR count). The van der Waals surface area contributed by atoms with Gasteiger partial charge in [-0.3, -0.25) is 9.59 Å². The van der Waals surface area contributed by atoms with Crippen LogP contribution in [0.3, 0.4) is 0 Å². The Morgan fingerprint density at radius 2 is 2.15 bits per heavy atom. The Morgan fingerprint density at radius 3 is 2.75 bits per heavy atom. The summed E-state index contributed by atoms with van der Waals surface area (Å²) in [5.41, 5.74) is -0.862. The number of ether oxygens (including phenoxy) is 2. The largest absolute Gasteiger partial charge is 0.465 e. The summed E-state index contributed by atoms with van der Waals surface area (Å²) >= 11 is 0. The summed E-state index contributed by atoms with van der Waals surface area (Å²) in [6, 6.07) is 0. The predicted molar refractivity (Wildman–Crippen MR) is 72.9 cm³/mol. The fraction of sp³-hybridized carbons (Fsp3) is 0.667. The fourth-order valence-electron chi connectivity index (χ4n) is 2.59. The van der Waals surface area contributed by atoms with Crippen molar-refractivity contribution in [3.63, 3.8) is 0 Å². The molecular formula is C15H22O5. The lowest BCUT2D eigenvalue weighted by Crippen LogP contribution is -2.45. The van der Waals surface area contributed by atoms with E-state index < -0.39 is 11.4 Å². The maximum atomic E-state index is 12.4. The minimum absolute atomic E-state index is 0.00896. The molecule has 5 nitrogen and oxygen atoms in total. The molecule has 0 spiro atoms. The number of hydrogen-bond acceptors (Lipinski definition) is 5. The summed E-state index contributed by atoms with van der Waals surface area (Å²) in [4.78, 5) is 34.0. The van der Waals surface area contributed by atoms with E-state index in [1.807, 2.05) is 12.2 Å². The van der Waals surface area contributed by atoms with Crippen LogP contribution in [0.5, 0.6) is 0 Å². The van der Waals surface area contributed by atoms with Gasteiger partial charge in [0.05, 0.1) is 6.61 Å². The van der Waals surface area contributed by atoms with Crippen LogP contribution in [-0.4, -0.2) is 31.4 Å². The van der Waals surface area contributed by atoms with Crippen LogP contribution in [0.4, 0.5) is 0 Å². The molecule has 0 aliphatic heterocycles. The summed E-state index contributed by atoms with van der Waals surface area (Å²) in [6.07, 6.45) is 7.01. The minimum Gasteiger partial charge on any atom is -0.465 e. The third-order valence-corrected chi connectivity index (χ3v) is 3.65. The van der Waals surface area contributed by atoms with Crippen molar-refractivity contribution in [3.05, 3.63) is 12.2 Å². The molecule has 0 unspecified atom stereocenters. The molecule has 112 valence electrons. The topological polar surface area (TPSA) is 69.7 Å². The molecule has 0 saturated carbocycles. The van der Waals surface area contributed by atoms with Crippen molar-refractivity contribution in [1.82, 2.24) is 0 Å². The van der Waals surface area contributed by atoms with E-state index in [2.05, 4.69) is 0 Å². The molecule has 0 saturated heterocycles. The van der Waals surface area contributed by atoms with Gasteiger partial charge in [0, 0.05) is 13.3 Å². The van der Waals surface area contributed by atoms with E-state index in [9.17, 15) is 14.4 Å². The summed E-state index contributed by atoms with van der Waals surface area (Å²) in [6.45, 7) is 3.36. The van der Waals surface area contributed by atoms with Gasteiger partial charge in [-0.1, -0.05) is 12.2 Å². The molecule has 0 radical (unpaired) electrons. The molecule has 0 aromatic carbocycles. The Bertz CT molecular complexity index is 388. The highest BCUT2D eigenvalue weighted by Gasteiger charge is 2.47.